The minimum absolute atomic E-state index is 0.0394. The highest BCUT2D eigenvalue weighted by molar-refractivity contribution is 7.21. The van der Waals surface area contributed by atoms with E-state index in [-0.39, 0.29) is 17.7 Å². The minimum atomic E-state index is 0.0394. The van der Waals surface area contributed by atoms with Crippen molar-refractivity contribution < 1.29 is 9.59 Å². The molecule has 3 rings (SSSR count). The van der Waals surface area contributed by atoms with Crippen LogP contribution < -0.4 is 5.32 Å². The molecule has 2 heterocycles. The summed E-state index contributed by atoms with van der Waals surface area (Å²) < 4.78 is 1.16. The number of fused-ring (bicyclic) bond motifs is 1. The second-order valence-electron chi connectivity index (χ2n) is 5.73. The summed E-state index contributed by atoms with van der Waals surface area (Å²) in [5.41, 5.74) is 1.07. The lowest BCUT2D eigenvalue weighted by Crippen LogP contribution is -2.42. The third-order valence-corrected chi connectivity index (χ3v) is 5.70. The van der Waals surface area contributed by atoms with E-state index in [1.165, 1.54) is 0 Å². The Morgan fingerprint density at radius 3 is 2.55 bits per heavy atom. The Labute approximate surface area is 134 Å². The molecule has 2 aromatic rings. The minimum Gasteiger partial charge on any atom is -0.359 e. The highest BCUT2D eigenvalue weighted by atomic mass is 32.1. The van der Waals surface area contributed by atoms with Crippen LogP contribution in [-0.4, -0.2) is 36.9 Å². The van der Waals surface area contributed by atoms with Crippen LogP contribution in [0.2, 0.25) is 0 Å². The molecule has 0 atom stereocenters. The molecule has 5 heteroatoms. The van der Waals surface area contributed by atoms with Crippen molar-refractivity contribution in [3.8, 4) is 0 Å². The van der Waals surface area contributed by atoms with Gasteiger partial charge in [-0.1, -0.05) is 18.2 Å². The Bertz CT molecular complexity index is 715. The summed E-state index contributed by atoms with van der Waals surface area (Å²) in [5, 5.41) is 3.86. The molecule has 1 N–H and O–H groups in total. The number of benzene rings is 1. The molecule has 0 unspecified atom stereocenters. The lowest BCUT2D eigenvalue weighted by atomic mass is 9.96. The maximum absolute atomic E-state index is 12.8. The highest BCUT2D eigenvalue weighted by Crippen LogP contribution is 2.32. The third kappa shape index (κ3) is 2.61. The van der Waals surface area contributed by atoms with E-state index in [2.05, 4.69) is 17.4 Å². The number of piperidine rings is 1. The Morgan fingerprint density at radius 1 is 1.23 bits per heavy atom. The first-order valence-electron chi connectivity index (χ1n) is 7.61. The van der Waals surface area contributed by atoms with Gasteiger partial charge in [-0.2, -0.15) is 0 Å². The largest absolute Gasteiger partial charge is 0.359 e. The molecule has 22 heavy (non-hydrogen) atoms. The van der Waals surface area contributed by atoms with Gasteiger partial charge < -0.3 is 10.2 Å². The van der Waals surface area contributed by atoms with E-state index < -0.39 is 0 Å². The molecule has 0 spiro atoms. The molecule has 1 saturated heterocycles. The van der Waals surface area contributed by atoms with E-state index in [0.717, 1.165) is 33.4 Å². The van der Waals surface area contributed by atoms with Gasteiger partial charge >= 0.3 is 0 Å². The van der Waals surface area contributed by atoms with Crippen molar-refractivity contribution in [2.24, 2.45) is 5.92 Å². The standard InChI is InChI=1S/C17H20N2O2S/c1-11-13-5-3-4-6-14(13)22-15(11)17(21)19-9-7-12(8-10-19)16(20)18-2/h3-6,12H,7-10H2,1-2H3,(H,18,20). The van der Waals surface area contributed by atoms with Gasteiger partial charge in [0.25, 0.3) is 5.91 Å². The summed E-state index contributed by atoms with van der Waals surface area (Å²) in [5.74, 6) is 0.233. The Kier molecular flexibility index (Phi) is 4.16. The fourth-order valence-electron chi connectivity index (χ4n) is 3.07. The van der Waals surface area contributed by atoms with Gasteiger partial charge in [-0.3, -0.25) is 9.59 Å². The quantitative estimate of drug-likeness (QED) is 0.926. The normalized spacial score (nSPS) is 16.0. The molecule has 116 valence electrons. The number of hydrogen-bond acceptors (Lipinski definition) is 3. The van der Waals surface area contributed by atoms with Crippen LogP contribution in [0.1, 0.15) is 28.1 Å². The smallest absolute Gasteiger partial charge is 0.264 e. The molecule has 1 aliphatic heterocycles. The second-order valence-corrected chi connectivity index (χ2v) is 6.79. The number of nitrogens with zero attached hydrogens (tertiary/aromatic N) is 1. The van der Waals surface area contributed by atoms with E-state index in [1.54, 1.807) is 18.4 Å². The van der Waals surface area contributed by atoms with Crippen LogP contribution in [0, 0.1) is 12.8 Å². The zero-order valence-electron chi connectivity index (χ0n) is 12.9. The first-order chi connectivity index (χ1) is 10.6. The highest BCUT2D eigenvalue weighted by Gasteiger charge is 2.28. The van der Waals surface area contributed by atoms with E-state index >= 15 is 0 Å². The average Bonchev–Trinajstić information content (AvgIpc) is 2.91. The van der Waals surface area contributed by atoms with Gasteiger partial charge in [-0.15, -0.1) is 11.3 Å². The van der Waals surface area contributed by atoms with Gasteiger partial charge in [0.1, 0.15) is 0 Å². The fraction of sp³-hybridized carbons (Fsp3) is 0.412. The van der Waals surface area contributed by atoms with Crippen molar-refractivity contribution >= 4 is 33.2 Å². The molecule has 0 saturated carbocycles. The van der Waals surface area contributed by atoms with Crippen LogP contribution in [-0.2, 0) is 4.79 Å². The number of carbonyl (C=O) groups excluding carboxylic acids is 2. The van der Waals surface area contributed by atoms with Crippen molar-refractivity contribution in [2.75, 3.05) is 20.1 Å². The van der Waals surface area contributed by atoms with Crippen LogP contribution in [0.3, 0.4) is 0 Å². The summed E-state index contributed by atoms with van der Waals surface area (Å²) in [7, 11) is 1.67. The molecule has 0 bridgehead atoms. The van der Waals surface area contributed by atoms with Crippen molar-refractivity contribution in [3.05, 3.63) is 34.7 Å². The zero-order chi connectivity index (χ0) is 15.7. The molecule has 4 nitrogen and oxygen atoms in total. The summed E-state index contributed by atoms with van der Waals surface area (Å²) in [6, 6.07) is 8.13. The Hall–Kier alpha value is -1.88. The van der Waals surface area contributed by atoms with Crippen molar-refractivity contribution in [3.63, 3.8) is 0 Å². The van der Waals surface area contributed by atoms with Gasteiger partial charge in [0.05, 0.1) is 4.88 Å². The summed E-state index contributed by atoms with van der Waals surface area (Å²) >= 11 is 1.57. The Morgan fingerprint density at radius 2 is 1.91 bits per heavy atom. The van der Waals surface area contributed by atoms with E-state index in [0.29, 0.717) is 13.1 Å². The van der Waals surface area contributed by atoms with Crippen LogP contribution in [0.5, 0.6) is 0 Å². The van der Waals surface area contributed by atoms with Gasteiger partial charge in [-0.05, 0) is 36.8 Å². The van der Waals surface area contributed by atoms with Gasteiger partial charge in [0.2, 0.25) is 5.91 Å². The van der Waals surface area contributed by atoms with Crippen LogP contribution in [0.25, 0.3) is 10.1 Å². The van der Waals surface area contributed by atoms with Crippen molar-refractivity contribution in [2.45, 2.75) is 19.8 Å². The zero-order valence-corrected chi connectivity index (χ0v) is 13.7. The molecule has 0 radical (unpaired) electrons. The predicted octanol–water partition coefficient (Wildman–Crippen LogP) is 2.81. The number of rotatable bonds is 2. The first kappa shape index (κ1) is 15.0. The number of thiophene rings is 1. The molecule has 1 aromatic carbocycles. The molecule has 1 fully saturated rings. The number of amides is 2. The van der Waals surface area contributed by atoms with Crippen molar-refractivity contribution in [1.82, 2.24) is 10.2 Å². The van der Waals surface area contributed by atoms with Gasteiger partial charge in [0.15, 0.2) is 0 Å². The molecular weight excluding hydrogens is 296 g/mol. The number of nitrogens with one attached hydrogen (secondary N) is 1. The number of likely N-dealkylation sites (tertiary alicyclic amines) is 1. The van der Waals surface area contributed by atoms with E-state index in [9.17, 15) is 9.59 Å². The summed E-state index contributed by atoms with van der Waals surface area (Å²) in [6.45, 7) is 3.33. The molecule has 1 aliphatic rings. The average molecular weight is 316 g/mol. The van der Waals surface area contributed by atoms with Crippen LogP contribution in [0.15, 0.2) is 24.3 Å². The monoisotopic (exact) mass is 316 g/mol. The Balaban J connectivity index is 1.77. The predicted molar refractivity (Wildman–Crippen MR) is 89.3 cm³/mol. The lowest BCUT2D eigenvalue weighted by molar-refractivity contribution is -0.125. The summed E-state index contributed by atoms with van der Waals surface area (Å²) in [4.78, 5) is 27.2. The first-order valence-corrected chi connectivity index (χ1v) is 8.42. The maximum Gasteiger partial charge on any atom is 0.264 e. The van der Waals surface area contributed by atoms with Gasteiger partial charge in [0, 0.05) is 30.8 Å². The van der Waals surface area contributed by atoms with Crippen LogP contribution >= 0.6 is 11.3 Å². The van der Waals surface area contributed by atoms with Crippen molar-refractivity contribution in [1.29, 1.82) is 0 Å². The molecule has 0 aliphatic carbocycles. The van der Waals surface area contributed by atoms with E-state index in [4.69, 9.17) is 0 Å². The number of aryl methyl sites for hydroxylation is 1. The summed E-state index contributed by atoms with van der Waals surface area (Å²) in [6.07, 6.45) is 1.49. The molecule has 1 aromatic heterocycles. The fourth-order valence-corrected chi connectivity index (χ4v) is 4.25. The van der Waals surface area contributed by atoms with Crippen LogP contribution in [0.4, 0.5) is 0 Å². The number of carbonyl (C=O) groups is 2. The SMILES string of the molecule is CNC(=O)C1CCN(C(=O)c2sc3ccccc3c2C)CC1. The van der Waals surface area contributed by atoms with E-state index in [1.807, 2.05) is 24.0 Å². The third-order valence-electron chi connectivity index (χ3n) is 4.44. The maximum atomic E-state index is 12.8. The lowest BCUT2D eigenvalue weighted by Gasteiger charge is -2.31. The number of hydrogen-bond donors (Lipinski definition) is 1. The molecule has 2 amide bonds. The second kappa shape index (κ2) is 6.08. The topological polar surface area (TPSA) is 49.4 Å². The van der Waals surface area contributed by atoms with Gasteiger partial charge in [-0.25, -0.2) is 0 Å². The molecular formula is C17H20N2O2S.